The van der Waals surface area contributed by atoms with E-state index >= 15 is 0 Å². The fourth-order valence-corrected chi connectivity index (χ4v) is 3.97. The molecule has 1 aliphatic heterocycles. The van der Waals surface area contributed by atoms with Crippen molar-refractivity contribution in [3.63, 3.8) is 0 Å². The summed E-state index contributed by atoms with van der Waals surface area (Å²) in [6.07, 6.45) is 4.12. The summed E-state index contributed by atoms with van der Waals surface area (Å²) >= 11 is 0. The smallest absolute Gasteiger partial charge is 0.295 e. The van der Waals surface area contributed by atoms with Gasteiger partial charge in [0.1, 0.15) is 17.3 Å². The van der Waals surface area contributed by atoms with Gasteiger partial charge < -0.3 is 19.5 Å². The number of aromatic nitrogens is 1. The molecule has 3 aromatic rings. The summed E-state index contributed by atoms with van der Waals surface area (Å²) in [7, 11) is 1.55. The summed E-state index contributed by atoms with van der Waals surface area (Å²) in [6.45, 7) is 2.76. The second-order valence-electron chi connectivity index (χ2n) is 7.93. The Balaban J connectivity index is 1.83. The lowest BCUT2D eigenvalue weighted by Gasteiger charge is -2.25. The molecule has 0 spiro atoms. The van der Waals surface area contributed by atoms with Crippen molar-refractivity contribution in [1.29, 1.82) is 0 Å². The number of carbonyl (C=O) groups excluding carboxylic acids is 2. The topological polar surface area (TPSA) is 89.0 Å². The number of amides is 1. The van der Waals surface area contributed by atoms with Crippen LogP contribution in [0.15, 0.2) is 78.6 Å². The highest BCUT2D eigenvalue weighted by molar-refractivity contribution is 6.46. The number of aliphatic hydroxyl groups excluding tert-OH is 1. The van der Waals surface area contributed by atoms with Crippen LogP contribution < -0.4 is 9.47 Å². The van der Waals surface area contributed by atoms with E-state index in [2.05, 4.69) is 4.98 Å². The molecular weight excluding hydrogens is 432 g/mol. The van der Waals surface area contributed by atoms with Crippen LogP contribution in [0.25, 0.3) is 5.76 Å². The van der Waals surface area contributed by atoms with E-state index in [0.29, 0.717) is 29.2 Å². The van der Waals surface area contributed by atoms with Crippen LogP contribution in [0.3, 0.4) is 0 Å². The van der Waals surface area contributed by atoms with Crippen LogP contribution in [0, 0.1) is 0 Å². The lowest BCUT2D eigenvalue weighted by atomic mass is 9.95. The molecule has 1 amide bonds. The molecule has 1 aliphatic rings. The number of carbonyl (C=O) groups is 2. The number of rotatable bonds is 8. The van der Waals surface area contributed by atoms with Gasteiger partial charge in [-0.25, -0.2) is 0 Å². The van der Waals surface area contributed by atoms with E-state index < -0.39 is 17.7 Å². The zero-order valence-electron chi connectivity index (χ0n) is 19.1. The molecule has 1 fully saturated rings. The van der Waals surface area contributed by atoms with Crippen molar-refractivity contribution < 1.29 is 24.2 Å². The molecule has 34 heavy (non-hydrogen) atoms. The highest BCUT2D eigenvalue weighted by Crippen LogP contribution is 2.41. The molecule has 7 nitrogen and oxygen atoms in total. The predicted molar refractivity (Wildman–Crippen MR) is 127 cm³/mol. The molecular formula is C27H26N2O5. The van der Waals surface area contributed by atoms with Gasteiger partial charge in [0.2, 0.25) is 0 Å². The maximum atomic E-state index is 13.2. The van der Waals surface area contributed by atoms with Crippen molar-refractivity contribution >= 4 is 17.4 Å². The monoisotopic (exact) mass is 458 g/mol. The molecule has 1 unspecified atom stereocenters. The number of hydrogen-bond donors (Lipinski definition) is 1. The Morgan fingerprint density at radius 1 is 1.03 bits per heavy atom. The predicted octanol–water partition coefficient (Wildman–Crippen LogP) is 4.50. The Morgan fingerprint density at radius 2 is 1.76 bits per heavy atom. The minimum atomic E-state index is -0.777. The zero-order valence-corrected chi connectivity index (χ0v) is 19.1. The van der Waals surface area contributed by atoms with Crippen molar-refractivity contribution in [1.82, 2.24) is 9.88 Å². The molecule has 4 rings (SSSR count). The second kappa shape index (κ2) is 10.2. The Morgan fingerprint density at radius 3 is 2.44 bits per heavy atom. The number of nitrogens with zero attached hydrogens (tertiary/aromatic N) is 2. The maximum Gasteiger partial charge on any atom is 0.295 e. The molecule has 1 atom stereocenters. The Kier molecular flexibility index (Phi) is 6.92. The molecule has 2 aromatic carbocycles. The summed E-state index contributed by atoms with van der Waals surface area (Å²) in [5, 5.41) is 11.2. The number of likely N-dealkylation sites (tertiary alicyclic amines) is 1. The van der Waals surface area contributed by atoms with Gasteiger partial charge in [-0.1, -0.05) is 19.1 Å². The highest BCUT2D eigenvalue weighted by atomic mass is 16.5. The number of pyridine rings is 1. The van der Waals surface area contributed by atoms with Crippen molar-refractivity contribution in [3.05, 3.63) is 95.3 Å². The molecule has 7 heteroatoms. The van der Waals surface area contributed by atoms with Gasteiger partial charge in [0, 0.05) is 24.5 Å². The molecule has 174 valence electrons. The molecule has 0 saturated carbocycles. The van der Waals surface area contributed by atoms with Crippen molar-refractivity contribution in [3.8, 4) is 11.5 Å². The first kappa shape index (κ1) is 23.0. The largest absolute Gasteiger partial charge is 0.507 e. The fourth-order valence-electron chi connectivity index (χ4n) is 3.97. The first-order valence-electron chi connectivity index (χ1n) is 11.1. The van der Waals surface area contributed by atoms with Crippen LogP contribution in [0.5, 0.6) is 11.5 Å². The first-order chi connectivity index (χ1) is 16.5. The fraction of sp³-hybridized carbons (Fsp3) is 0.222. The average Bonchev–Trinajstić information content (AvgIpc) is 3.13. The van der Waals surface area contributed by atoms with E-state index in [0.717, 1.165) is 12.0 Å². The van der Waals surface area contributed by atoms with Crippen molar-refractivity contribution in [2.24, 2.45) is 0 Å². The third-order valence-corrected chi connectivity index (χ3v) is 5.65. The standard InChI is InChI=1S/C27H26N2O5/c1-3-15-34-22-6-4-5-20(16-22)24-23(25(30)19-7-9-21(33-2)10-8-19)26(31)27(32)29(24)17-18-11-13-28-14-12-18/h4-14,16,24,30H,3,15,17H2,1-2H3. The summed E-state index contributed by atoms with van der Waals surface area (Å²) in [4.78, 5) is 31.9. The quantitative estimate of drug-likeness (QED) is 0.304. The number of aliphatic hydroxyl groups is 1. The lowest BCUT2D eigenvalue weighted by molar-refractivity contribution is -0.140. The minimum absolute atomic E-state index is 0.0388. The summed E-state index contributed by atoms with van der Waals surface area (Å²) in [5.41, 5.74) is 1.96. The van der Waals surface area contributed by atoms with Crippen LogP contribution >= 0.6 is 0 Å². The van der Waals surface area contributed by atoms with Gasteiger partial charge in [-0.05, 0) is 66.1 Å². The summed E-state index contributed by atoms with van der Waals surface area (Å²) < 4.78 is 11.0. The van der Waals surface area contributed by atoms with E-state index in [9.17, 15) is 14.7 Å². The SMILES string of the molecule is CCCOc1cccc(C2C(=C(O)c3ccc(OC)cc3)C(=O)C(=O)N2Cc2ccncc2)c1. The number of methoxy groups -OCH3 is 1. The van der Waals surface area contributed by atoms with E-state index in [1.807, 2.05) is 31.2 Å². The molecule has 2 heterocycles. The Hall–Kier alpha value is -4.13. The van der Waals surface area contributed by atoms with Crippen LogP contribution in [0.2, 0.25) is 0 Å². The van der Waals surface area contributed by atoms with E-state index in [1.54, 1.807) is 55.9 Å². The number of Topliss-reactive ketones (excluding diaryl/α,β-unsaturated/α-hetero) is 1. The van der Waals surface area contributed by atoms with Crippen molar-refractivity contribution in [2.75, 3.05) is 13.7 Å². The van der Waals surface area contributed by atoms with E-state index in [-0.39, 0.29) is 17.9 Å². The van der Waals surface area contributed by atoms with E-state index in [1.165, 1.54) is 4.90 Å². The minimum Gasteiger partial charge on any atom is -0.507 e. The van der Waals surface area contributed by atoms with Gasteiger partial charge in [0.15, 0.2) is 0 Å². The third kappa shape index (κ3) is 4.64. The lowest BCUT2D eigenvalue weighted by Crippen LogP contribution is -2.29. The van der Waals surface area contributed by atoms with Crippen LogP contribution in [-0.4, -0.2) is 40.4 Å². The van der Waals surface area contributed by atoms with Gasteiger partial charge >= 0.3 is 0 Å². The van der Waals surface area contributed by atoms with Gasteiger partial charge in [0.05, 0.1) is 25.3 Å². The zero-order chi connectivity index (χ0) is 24.1. The molecule has 0 aliphatic carbocycles. The van der Waals surface area contributed by atoms with Gasteiger partial charge in [0.25, 0.3) is 11.7 Å². The summed E-state index contributed by atoms with van der Waals surface area (Å²) in [6, 6.07) is 16.8. The number of ketones is 1. The third-order valence-electron chi connectivity index (χ3n) is 5.65. The highest BCUT2D eigenvalue weighted by Gasteiger charge is 2.46. The number of hydrogen-bond acceptors (Lipinski definition) is 6. The van der Waals surface area contributed by atoms with Crippen LogP contribution in [0.4, 0.5) is 0 Å². The maximum absolute atomic E-state index is 13.2. The van der Waals surface area contributed by atoms with Gasteiger partial charge in [-0.3, -0.25) is 14.6 Å². The molecule has 0 radical (unpaired) electrons. The van der Waals surface area contributed by atoms with E-state index in [4.69, 9.17) is 9.47 Å². The molecule has 1 saturated heterocycles. The molecule has 0 bridgehead atoms. The number of benzene rings is 2. The van der Waals surface area contributed by atoms with Crippen LogP contribution in [-0.2, 0) is 16.1 Å². The molecule has 1 N–H and O–H groups in total. The summed E-state index contributed by atoms with van der Waals surface area (Å²) in [5.74, 6) is -0.377. The van der Waals surface area contributed by atoms with Crippen LogP contribution in [0.1, 0.15) is 36.1 Å². The first-order valence-corrected chi connectivity index (χ1v) is 11.1. The van der Waals surface area contributed by atoms with Gasteiger partial charge in [-0.15, -0.1) is 0 Å². The molecule has 1 aromatic heterocycles. The van der Waals surface area contributed by atoms with Gasteiger partial charge in [-0.2, -0.15) is 0 Å². The normalized spacial score (nSPS) is 17.1. The Bertz CT molecular complexity index is 1210. The number of ether oxygens (including phenoxy) is 2. The second-order valence-corrected chi connectivity index (χ2v) is 7.93. The Labute approximate surface area is 198 Å². The average molecular weight is 459 g/mol. The van der Waals surface area contributed by atoms with Crippen molar-refractivity contribution in [2.45, 2.75) is 25.9 Å².